The lowest BCUT2D eigenvalue weighted by Crippen LogP contribution is -2.34. The molecule has 12 nitrogen and oxygen atoms in total. The molecule has 4 aliphatic heterocycles. The Balaban J connectivity index is 1.33. The van der Waals surface area contributed by atoms with Gasteiger partial charge in [-0.25, -0.2) is 0 Å². The fraction of sp³-hybridized carbons (Fsp3) is 0.571. The van der Waals surface area contributed by atoms with E-state index in [1.165, 1.54) is 0 Å². The fourth-order valence-electron chi connectivity index (χ4n) is 11.4. The number of benzene rings is 4. The van der Waals surface area contributed by atoms with E-state index in [4.69, 9.17) is 18.9 Å². The molecule has 4 heterocycles. The van der Waals surface area contributed by atoms with Gasteiger partial charge in [-0.2, -0.15) is 0 Å². The smallest absolute Gasteiger partial charge is 0.142 e. The zero-order valence-corrected chi connectivity index (χ0v) is 42.0. The van der Waals surface area contributed by atoms with E-state index < -0.39 is 0 Å². The number of phenolic OH excluding ortho intramolecular Hbond substituents is 4. The van der Waals surface area contributed by atoms with Crippen LogP contribution in [0.3, 0.4) is 0 Å². The zero-order valence-electron chi connectivity index (χ0n) is 42.0. The highest BCUT2D eigenvalue weighted by Crippen LogP contribution is 2.55. The molecule has 0 radical (unpaired) electrons. The van der Waals surface area contributed by atoms with Gasteiger partial charge in [-0.3, -0.25) is 19.6 Å². The maximum absolute atomic E-state index is 12.7. The second-order valence-corrected chi connectivity index (χ2v) is 20.5. The molecule has 4 unspecified atom stereocenters. The van der Waals surface area contributed by atoms with Crippen molar-refractivity contribution in [3.05, 3.63) is 91.0 Å². The molecule has 0 amide bonds. The van der Waals surface area contributed by atoms with Crippen molar-refractivity contribution in [1.29, 1.82) is 0 Å². The summed E-state index contributed by atoms with van der Waals surface area (Å²) < 4.78 is 26.9. The van der Waals surface area contributed by atoms with Crippen LogP contribution in [0.4, 0.5) is 0 Å². The average Bonchev–Trinajstić information content (AvgIpc) is 3.35. The summed E-state index contributed by atoms with van der Waals surface area (Å²) >= 11 is 0. The van der Waals surface area contributed by atoms with Crippen LogP contribution in [0.25, 0.3) is 0 Å². The van der Waals surface area contributed by atoms with Crippen LogP contribution in [0.2, 0.25) is 0 Å². The van der Waals surface area contributed by atoms with E-state index in [-0.39, 0.29) is 46.7 Å². The lowest BCUT2D eigenvalue weighted by Gasteiger charge is -2.37. The molecular formula is C56H76N4O8. The molecule has 4 aromatic rings. The van der Waals surface area contributed by atoms with E-state index in [0.717, 1.165) is 144 Å². The maximum atomic E-state index is 12.7. The first-order valence-corrected chi connectivity index (χ1v) is 25.8. The van der Waals surface area contributed by atoms with Crippen LogP contribution in [-0.4, -0.2) is 93.1 Å². The predicted molar refractivity (Wildman–Crippen MR) is 266 cm³/mol. The number of fused-ring (bicyclic) bond motifs is 16. The molecule has 4 aromatic carbocycles. The Labute approximate surface area is 404 Å². The van der Waals surface area contributed by atoms with E-state index >= 15 is 0 Å². The van der Waals surface area contributed by atoms with Crippen molar-refractivity contribution >= 4 is 0 Å². The van der Waals surface area contributed by atoms with Gasteiger partial charge in [0.05, 0.1) is 22.3 Å². The number of ether oxygens (including phenoxy) is 4. The molecule has 12 heteroatoms. The Bertz CT molecular complexity index is 2170. The van der Waals surface area contributed by atoms with Gasteiger partial charge >= 0.3 is 0 Å². The number of hydrogen-bond donors (Lipinski definition) is 4. The summed E-state index contributed by atoms with van der Waals surface area (Å²) in [5.74, 6) is 1.89. The normalized spacial score (nSPS) is 21.6. The third kappa shape index (κ3) is 8.73. The third-order valence-electron chi connectivity index (χ3n) is 15.8. The first kappa shape index (κ1) is 48.2. The number of unbranched alkanes of at least 4 members (excludes halogenated alkanes) is 4. The Morgan fingerprint density at radius 1 is 0.368 bits per heavy atom. The van der Waals surface area contributed by atoms with Gasteiger partial charge in [0, 0.05) is 121 Å². The molecule has 0 saturated heterocycles. The quantitative estimate of drug-likeness (QED) is 0.108. The minimum Gasteiger partial charge on any atom is -0.507 e. The van der Waals surface area contributed by atoms with Gasteiger partial charge in [0.2, 0.25) is 0 Å². The standard InChI is InChI=1S/C56H76N4O8/c1-9-13-17-57-25-45-49(61)37-21-41(53(45)65-29-57)34(6)38-22-43(55-46(50(38)62)26-58(31-67-55)18-14-10-2)36(8)40-24-44(56-48(52(40)64)28-60(32-68-56)20-16-12-4)35(7)39-23-42(33(37)5)54-47(51(39)63)27-59(30-66-54)19-15-11-3/h21-24,33-36,61-64H,9-20,25-32H2,1-8H3. The van der Waals surface area contributed by atoms with Crippen molar-refractivity contribution in [2.75, 3.05) is 53.1 Å². The minimum atomic E-state index is -0.381. The summed E-state index contributed by atoms with van der Waals surface area (Å²) in [6.45, 7) is 24.3. The van der Waals surface area contributed by atoms with Crippen LogP contribution >= 0.6 is 0 Å². The highest BCUT2D eigenvalue weighted by molar-refractivity contribution is 5.68. The Morgan fingerprint density at radius 3 is 0.765 bits per heavy atom. The zero-order chi connectivity index (χ0) is 48.0. The number of hydrogen-bond acceptors (Lipinski definition) is 12. The summed E-state index contributed by atoms with van der Waals surface area (Å²) in [5.41, 5.74) is 9.44. The van der Waals surface area contributed by atoms with Crippen molar-refractivity contribution in [2.24, 2.45) is 0 Å². The summed E-state index contributed by atoms with van der Waals surface area (Å²) in [7, 11) is 0. The van der Waals surface area contributed by atoms with E-state index in [1.807, 2.05) is 0 Å². The highest BCUT2D eigenvalue weighted by Gasteiger charge is 2.39. The van der Waals surface area contributed by atoms with Crippen LogP contribution in [0, 0.1) is 0 Å². The lowest BCUT2D eigenvalue weighted by molar-refractivity contribution is 0.0898. The van der Waals surface area contributed by atoms with Crippen molar-refractivity contribution in [3.63, 3.8) is 0 Å². The molecule has 1 aliphatic carbocycles. The molecular weight excluding hydrogens is 857 g/mol. The minimum absolute atomic E-state index is 0.199. The summed E-state index contributed by atoms with van der Waals surface area (Å²) in [6.07, 6.45) is 8.22. The Morgan fingerprint density at radius 2 is 0.574 bits per heavy atom. The summed E-state index contributed by atoms with van der Waals surface area (Å²) in [5, 5.41) is 50.6. The molecule has 0 spiro atoms. The highest BCUT2D eigenvalue weighted by atomic mass is 16.5. The molecule has 0 fully saturated rings. The fourth-order valence-corrected chi connectivity index (χ4v) is 11.4. The first-order valence-electron chi connectivity index (χ1n) is 25.8. The lowest BCUT2D eigenvalue weighted by atomic mass is 9.78. The third-order valence-corrected chi connectivity index (χ3v) is 15.8. The monoisotopic (exact) mass is 933 g/mol. The molecule has 68 heavy (non-hydrogen) atoms. The maximum Gasteiger partial charge on any atom is 0.142 e. The molecule has 4 N–H and O–H groups in total. The molecule has 0 aromatic heterocycles. The van der Waals surface area contributed by atoms with Gasteiger partial charge < -0.3 is 39.4 Å². The average molecular weight is 933 g/mol. The second kappa shape index (κ2) is 20.2. The molecule has 9 rings (SSSR count). The van der Waals surface area contributed by atoms with Gasteiger partial charge in [0.25, 0.3) is 0 Å². The number of rotatable bonds is 12. The van der Waals surface area contributed by atoms with Gasteiger partial charge in [-0.15, -0.1) is 0 Å². The predicted octanol–water partition coefficient (Wildman–Crippen LogP) is 11.2. The molecule has 5 aliphatic rings. The van der Waals surface area contributed by atoms with Gasteiger partial charge in [-0.1, -0.05) is 81.1 Å². The van der Waals surface area contributed by atoms with Crippen molar-refractivity contribution in [1.82, 2.24) is 19.6 Å². The first-order chi connectivity index (χ1) is 32.9. The van der Waals surface area contributed by atoms with Crippen molar-refractivity contribution in [2.45, 2.75) is 157 Å². The number of aromatic hydroxyl groups is 4. The van der Waals surface area contributed by atoms with E-state index in [1.54, 1.807) is 0 Å². The SMILES string of the molecule is CCCCN1COc2c3cc(c(O)c2C1)C(C)c1cc(c(O)c2c1OCN(CCCC)C2)C(C)c1cc(c(O)c2c1OCN(CCCC)C2)C(C)c1cc(c(O)c2c1OCN(CCCC)C2)C3C. The summed E-state index contributed by atoms with van der Waals surface area (Å²) in [6, 6.07) is 8.35. The van der Waals surface area contributed by atoms with Crippen LogP contribution in [0.5, 0.6) is 46.0 Å². The van der Waals surface area contributed by atoms with Gasteiger partial charge in [0.1, 0.15) is 72.9 Å². The van der Waals surface area contributed by atoms with Gasteiger partial charge in [0.15, 0.2) is 0 Å². The topological polar surface area (TPSA) is 131 Å². The van der Waals surface area contributed by atoms with E-state index in [2.05, 4.69) is 99.3 Å². The molecule has 8 bridgehead atoms. The summed E-state index contributed by atoms with van der Waals surface area (Å²) in [4.78, 5) is 9.00. The number of phenols is 4. The van der Waals surface area contributed by atoms with Crippen LogP contribution in [0.15, 0.2) is 24.3 Å². The molecule has 4 atom stereocenters. The van der Waals surface area contributed by atoms with Crippen molar-refractivity contribution < 1.29 is 39.4 Å². The Kier molecular flexibility index (Phi) is 14.3. The van der Waals surface area contributed by atoms with E-state index in [9.17, 15) is 20.4 Å². The molecule has 368 valence electrons. The van der Waals surface area contributed by atoms with E-state index in [0.29, 0.717) is 76.1 Å². The Hall–Kier alpha value is -4.88. The van der Waals surface area contributed by atoms with Crippen LogP contribution in [0.1, 0.15) is 197 Å². The van der Waals surface area contributed by atoms with Crippen LogP contribution < -0.4 is 18.9 Å². The second-order valence-electron chi connectivity index (χ2n) is 20.5. The number of nitrogens with zero attached hydrogens (tertiary/aromatic N) is 4. The van der Waals surface area contributed by atoms with Crippen molar-refractivity contribution in [3.8, 4) is 46.0 Å². The van der Waals surface area contributed by atoms with Gasteiger partial charge in [-0.05, 0) is 49.9 Å². The molecule has 0 saturated carbocycles. The van der Waals surface area contributed by atoms with Crippen LogP contribution in [-0.2, 0) is 26.2 Å². The largest absolute Gasteiger partial charge is 0.507 e.